The molecule has 1 atom stereocenters. The van der Waals surface area contributed by atoms with Gasteiger partial charge in [-0.15, -0.1) is 0 Å². The van der Waals surface area contributed by atoms with Gasteiger partial charge in [-0.3, -0.25) is 5.43 Å². The van der Waals surface area contributed by atoms with E-state index in [2.05, 4.69) is 15.7 Å². The van der Waals surface area contributed by atoms with Crippen LogP contribution < -0.4 is 15.9 Å². The smallest absolute Gasteiger partial charge is 0.184 e. The molecule has 24 heavy (non-hydrogen) atoms. The SMILES string of the molecule is CC(N=O)C(=NNC(N)=S)c1ccc(OCc2ccccc2)cc1. The maximum Gasteiger partial charge on any atom is 0.184 e. The molecule has 0 aromatic heterocycles. The Morgan fingerprint density at radius 1 is 1.21 bits per heavy atom. The zero-order valence-electron chi connectivity index (χ0n) is 13.2. The fourth-order valence-corrected chi connectivity index (χ4v) is 2.07. The molecule has 0 heterocycles. The molecule has 2 aromatic rings. The van der Waals surface area contributed by atoms with E-state index in [0.717, 1.165) is 16.9 Å². The van der Waals surface area contributed by atoms with Gasteiger partial charge >= 0.3 is 0 Å². The van der Waals surface area contributed by atoms with E-state index in [9.17, 15) is 4.91 Å². The molecule has 0 saturated heterocycles. The van der Waals surface area contributed by atoms with Crippen molar-refractivity contribution in [1.82, 2.24) is 5.43 Å². The van der Waals surface area contributed by atoms with E-state index in [4.69, 9.17) is 22.7 Å². The van der Waals surface area contributed by atoms with Gasteiger partial charge in [0.2, 0.25) is 0 Å². The molecule has 0 aliphatic carbocycles. The van der Waals surface area contributed by atoms with Crippen LogP contribution in [0.4, 0.5) is 0 Å². The van der Waals surface area contributed by atoms with E-state index in [1.807, 2.05) is 54.6 Å². The number of hydrogen-bond donors (Lipinski definition) is 2. The van der Waals surface area contributed by atoms with Gasteiger partial charge in [0.05, 0.1) is 5.71 Å². The van der Waals surface area contributed by atoms with Gasteiger partial charge in [0.15, 0.2) is 5.11 Å². The van der Waals surface area contributed by atoms with Gasteiger partial charge in [0.25, 0.3) is 0 Å². The van der Waals surface area contributed by atoms with Crippen molar-refractivity contribution in [2.45, 2.75) is 19.6 Å². The first-order valence-electron chi connectivity index (χ1n) is 7.33. The molecule has 0 aliphatic rings. The Kier molecular flexibility index (Phi) is 6.39. The molecule has 7 heteroatoms. The van der Waals surface area contributed by atoms with E-state index in [0.29, 0.717) is 12.3 Å². The molecule has 0 amide bonds. The predicted octanol–water partition coefficient (Wildman–Crippen LogP) is 2.96. The van der Waals surface area contributed by atoms with Crippen molar-refractivity contribution in [1.29, 1.82) is 0 Å². The molecular formula is C17H18N4O2S. The third kappa shape index (κ3) is 5.13. The lowest BCUT2D eigenvalue weighted by atomic mass is 10.1. The summed E-state index contributed by atoms with van der Waals surface area (Å²) in [6.45, 7) is 2.13. The number of ether oxygens (including phenoxy) is 1. The Hall–Kier alpha value is -2.80. The van der Waals surface area contributed by atoms with Crippen LogP contribution in [0.2, 0.25) is 0 Å². The molecule has 124 valence electrons. The van der Waals surface area contributed by atoms with Crippen LogP contribution in [0.1, 0.15) is 18.1 Å². The molecular weight excluding hydrogens is 324 g/mol. The number of benzene rings is 2. The average molecular weight is 342 g/mol. The summed E-state index contributed by atoms with van der Waals surface area (Å²) in [5.41, 5.74) is 10.1. The number of hydrogen-bond acceptors (Lipinski definition) is 5. The van der Waals surface area contributed by atoms with Crippen LogP contribution in [0.15, 0.2) is 64.9 Å². The maximum absolute atomic E-state index is 10.8. The summed E-state index contributed by atoms with van der Waals surface area (Å²) < 4.78 is 5.73. The monoisotopic (exact) mass is 342 g/mol. The maximum atomic E-state index is 10.8. The van der Waals surface area contributed by atoms with Gasteiger partial charge in [-0.1, -0.05) is 35.5 Å². The third-order valence-corrected chi connectivity index (χ3v) is 3.33. The van der Waals surface area contributed by atoms with Crippen LogP contribution in [0.5, 0.6) is 5.75 Å². The normalized spacial score (nSPS) is 12.3. The first kappa shape index (κ1) is 17.6. The Balaban J connectivity index is 2.09. The fraction of sp³-hybridized carbons (Fsp3) is 0.176. The second kappa shape index (κ2) is 8.73. The number of nitroso groups, excluding NO2 is 1. The van der Waals surface area contributed by atoms with Crippen LogP contribution in [-0.4, -0.2) is 16.9 Å². The minimum atomic E-state index is -0.636. The molecule has 2 aromatic carbocycles. The van der Waals surface area contributed by atoms with Crippen molar-refractivity contribution in [3.8, 4) is 5.75 Å². The lowest BCUT2D eigenvalue weighted by Gasteiger charge is -2.11. The van der Waals surface area contributed by atoms with E-state index in [1.54, 1.807) is 6.92 Å². The summed E-state index contributed by atoms with van der Waals surface area (Å²) in [7, 11) is 0. The van der Waals surface area contributed by atoms with Gasteiger partial charge in [-0.25, -0.2) is 0 Å². The lowest BCUT2D eigenvalue weighted by molar-refractivity contribution is 0.306. The van der Waals surface area contributed by atoms with Crippen LogP contribution in [0, 0.1) is 4.91 Å². The van der Waals surface area contributed by atoms with Crippen molar-refractivity contribution in [2.75, 3.05) is 0 Å². The van der Waals surface area contributed by atoms with Gasteiger partial charge in [-0.05, 0) is 49.0 Å². The Morgan fingerprint density at radius 3 is 2.46 bits per heavy atom. The topological polar surface area (TPSA) is 89.1 Å². The Morgan fingerprint density at radius 2 is 1.88 bits per heavy atom. The number of nitrogens with one attached hydrogen (secondary N) is 1. The molecule has 0 fully saturated rings. The quantitative estimate of drug-likeness (QED) is 0.349. The minimum absolute atomic E-state index is 0.0217. The first-order valence-corrected chi connectivity index (χ1v) is 7.73. The van der Waals surface area contributed by atoms with Crippen molar-refractivity contribution in [2.24, 2.45) is 16.0 Å². The van der Waals surface area contributed by atoms with E-state index in [-0.39, 0.29) is 5.11 Å². The van der Waals surface area contributed by atoms with Gasteiger partial charge in [0, 0.05) is 5.56 Å². The van der Waals surface area contributed by atoms with Crippen molar-refractivity contribution in [3.63, 3.8) is 0 Å². The van der Waals surface area contributed by atoms with Crippen LogP contribution in [0.25, 0.3) is 0 Å². The third-order valence-electron chi connectivity index (χ3n) is 3.24. The first-order chi connectivity index (χ1) is 11.6. The summed E-state index contributed by atoms with van der Waals surface area (Å²) in [6.07, 6.45) is 0. The van der Waals surface area contributed by atoms with Crippen molar-refractivity contribution in [3.05, 3.63) is 70.6 Å². The number of nitrogens with zero attached hydrogens (tertiary/aromatic N) is 2. The Bertz CT molecular complexity index is 717. The average Bonchev–Trinajstić information content (AvgIpc) is 2.61. The molecule has 3 N–H and O–H groups in total. The molecule has 0 radical (unpaired) electrons. The summed E-state index contributed by atoms with van der Waals surface area (Å²) in [4.78, 5) is 10.8. The van der Waals surface area contributed by atoms with Gasteiger partial charge in [0.1, 0.15) is 18.4 Å². The van der Waals surface area contributed by atoms with E-state index >= 15 is 0 Å². The Labute approximate surface area is 145 Å². The minimum Gasteiger partial charge on any atom is -0.489 e. The predicted molar refractivity (Wildman–Crippen MR) is 98.9 cm³/mol. The van der Waals surface area contributed by atoms with E-state index in [1.165, 1.54) is 0 Å². The fourth-order valence-electron chi connectivity index (χ4n) is 2.03. The molecule has 2 rings (SSSR count). The number of hydrazone groups is 1. The highest BCUT2D eigenvalue weighted by Crippen LogP contribution is 2.16. The van der Waals surface area contributed by atoms with Crippen LogP contribution in [-0.2, 0) is 6.61 Å². The van der Waals surface area contributed by atoms with E-state index < -0.39 is 6.04 Å². The van der Waals surface area contributed by atoms with Crippen molar-refractivity contribution >= 4 is 23.0 Å². The number of thiocarbonyl (C=S) groups is 1. The highest BCUT2D eigenvalue weighted by molar-refractivity contribution is 7.80. The van der Waals surface area contributed by atoms with Crippen LogP contribution >= 0.6 is 12.2 Å². The summed E-state index contributed by atoms with van der Waals surface area (Å²) in [5.74, 6) is 0.718. The standard InChI is InChI=1S/C17H18N4O2S/c1-12(21-22)16(19-20-17(18)24)14-7-9-15(10-8-14)23-11-13-5-3-2-4-6-13/h2-10,12H,11H2,1H3,(H3,18,20,24). The molecule has 0 bridgehead atoms. The summed E-state index contributed by atoms with van der Waals surface area (Å²) >= 11 is 4.72. The van der Waals surface area contributed by atoms with Crippen molar-refractivity contribution < 1.29 is 4.74 Å². The highest BCUT2D eigenvalue weighted by atomic mass is 32.1. The number of rotatable bonds is 7. The molecule has 0 spiro atoms. The highest BCUT2D eigenvalue weighted by Gasteiger charge is 2.14. The molecule has 0 saturated carbocycles. The van der Waals surface area contributed by atoms with Crippen LogP contribution in [0.3, 0.4) is 0 Å². The number of nitrogens with two attached hydrogens (primary N) is 1. The van der Waals surface area contributed by atoms with Gasteiger partial charge < -0.3 is 10.5 Å². The largest absolute Gasteiger partial charge is 0.489 e. The zero-order chi connectivity index (χ0) is 17.4. The second-order valence-electron chi connectivity index (χ2n) is 5.05. The lowest BCUT2D eigenvalue weighted by Crippen LogP contribution is -2.28. The zero-order valence-corrected chi connectivity index (χ0v) is 14.0. The van der Waals surface area contributed by atoms with Gasteiger partial charge in [-0.2, -0.15) is 10.0 Å². The second-order valence-corrected chi connectivity index (χ2v) is 5.49. The summed E-state index contributed by atoms with van der Waals surface area (Å²) in [5, 5.41) is 7.08. The molecule has 6 nitrogen and oxygen atoms in total. The molecule has 1 unspecified atom stereocenters. The molecule has 0 aliphatic heterocycles. The summed E-state index contributed by atoms with van der Waals surface area (Å²) in [6, 6.07) is 16.5.